The average molecular weight is 562 g/mol. The number of alkyl halides is 3. The smallest absolute Gasteiger partial charge is 0.352 e. The summed E-state index contributed by atoms with van der Waals surface area (Å²) in [4.78, 5) is 27.7. The van der Waals surface area contributed by atoms with Gasteiger partial charge in [0.2, 0.25) is 21.8 Å². The van der Waals surface area contributed by atoms with Crippen LogP contribution in [-0.2, 0) is 32.2 Å². The van der Waals surface area contributed by atoms with Crippen molar-refractivity contribution in [3.8, 4) is 0 Å². The van der Waals surface area contributed by atoms with Crippen LogP contribution in [0.4, 0.5) is 18.9 Å². The number of rotatable bonds is 11. The second kappa shape index (κ2) is 12.6. The van der Waals surface area contributed by atoms with Gasteiger partial charge in [-0.15, -0.1) is 0 Å². The molecule has 2 rings (SSSR count). The van der Waals surface area contributed by atoms with Crippen molar-refractivity contribution >= 4 is 39.1 Å². The number of amides is 2. The summed E-state index contributed by atoms with van der Waals surface area (Å²) >= 11 is 6.09. The highest BCUT2D eigenvalue weighted by molar-refractivity contribution is 7.92. The van der Waals surface area contributed by atoms with Gasteiger partial charge in [-0.2, -0.15) is 13.2 Å². The van der Waals surface area contributed by atoms with Crippen molar-refractivity contribution in [3.05, 3.63) is 64.7 Å². The zero-order valence-corrected chi connectivity index (χ0v) is 22.6. The summed E-state index contributed by atoms with van der Waals surface area (Å²) in [5, 5.41) is 2.49. The molecule has 37 heavy (non-hydrogen) atoms. The summed E-state index contributed by atoms with van der Waals surface area (Å²) in [6, 6.07) is 10.3. The maximum Gasteiger partial charge on any atom is 0.416 e. The monoisotopic (exact) mass is 561 g/mol. The molecule has 0 saturated heterocycles. The topological polar surface area (TPSA) is 86.8 Å². The molecule has 2 aromatic rings. The first-order chi connectivity index (χ1) is 17.1. The Morgan fingerprint density at radius 3 is 2.22 bits per heavy atom. The molecular formula is C25H31ClF3N3O4S. The molecule has 0 radical (unpaired) electrons. The molecule has 0 aliphatic rings. The molecule has 7 nitrogen and oxygen atoms in total. The van der Waals surface area contributed by atoms with Crippen molar-refractivity contribution < 1.29 is 31.2 Å². The number of carbonyl (C=O) groups excluding carboxylic acids is 2. The summed E-state index contributed by atoms with van der Waals surface area (Å²) in [5.41, 5.74) is -0.702. The van der Waals surface area contributed by atoms with Crippen LogP contribution in [0, 0.1) is 0 Å². The lowest BCUT2D eigenvalue weighted by atomic mass is 10.1. The highest BCUT2D eigenvalue weighted by atomic mass is 35.5. The second-order valence-corrected chi connectivity index (χ2v) is 11.2. The van der Waals surface area contributed by atoms with Gasteiger partial charge in [-0.25, -0.2) is 8.42 Å². The molecule has 0 aliphatic carbocycles. The lowest BCUT2D eigenvalue weighted by molar-refractivity contribution is -0.139. The van der Waals surface area contributed by atoms with Crippen LogP contribution in [0.5, 0.6) is 0 Å². The first kappa shape index (κ1) is 30.4. The number of hydrogen-bond acceptors (Lipinski definition) is 4. The van der Waals surface area contributed by atoms with Crippen LogP contribution in [0.1, 0.15) is 38.3 Å². The molecular weight excluding hydrogens is 531 g/mol. The number of halogens is 4. The first-order valence-electron chi connectivity index (χ1n) is 11.6. The fourth-order valence-electron chi connectivity index (χ4n) is 3.75. The molecule has 0 spiro atoms. The molecule has 1 N–H and O–H groups in total. The fraction of sp³-hybridized carbons (Fsp3) is 0.440. The van der Waals surface area contributed by atoms with Crippen molar-refractivity contribution in [2.45, 2.75) is 51.9 Å². The summed E-state index contributed by atoms with van der Waals surface area (Å²) in [6.45, 7) is 4.50. The highest BCUT2D eigenvalue weighted by Crippen LogP contribution is 2.36. The molecule has 1 unspecified atom stereocenters. The summed E-state index contributed by atoms with van der Waals surface area (Å²) in [6.07, 6.45) is -3.37. The first-order valence-corrected chi connectivity index (χ1v) is 13.9. The Labute approximate surface area is 220 Å². The number of benzene rings is 2. The minimum atomic E-state index is -4.75. The fourth-order valence-corrected chi connectivity index (χ4v) is 4.87. The van der Waals surface area contributed by atoms with Crippen LogP contribution in [0.25, 0.3) is 0 Å². The van der Waals surface area contributed by atoms with Crippen LogP contribution in [0.15, 0.2) is 48.5 Å². The van der Waals surface area contributed by atoms with Gasteiger partial charge in [-0.05, 0) is 50.5 Å². The van der Waals surface area contributed by atoms with Crippen molar-refractivity contribution in [2.75, 3.05) is 23.7 Å². The Morgan fingerprint density at radius 2 is 1.70 bits per heavy atom. The number of carbonyl (C=O) groups is 2. The van der Waals surface area contributed by atoms with E-state index in [1.807, 2.05) is 30.3 Å². The second-order valence-electron chi connectivity index (χ2n) is 8.84. The lowest BCUT2D eigenvalue weighted by Gasteiger charge is -2.33. The lowest BCUT2D eigenvalue weighted by Crippen LogP contribution is -2.54. The Hall–Kier alpha value is -2.79. The Morgan fingerprint density at radius 1 is 1.08 bits per heavy atom. The van der Waals surface area contributed by atoms with Gasteiger partial charge in [0.25, 0.3) is 0 Å². The van der Waals surface area contributed by atoms with E-state index in [2.05, 4.69) is 5.32 Å². The number of anilines is 1. The van der Waals surface area contributed by atoms with Gasteiger partial charge in [0.05, 0.1) is 22.5 Å². The predicted molar refractivity (Wildman–Crippen MR) is 138 cm³/mol. The van der Waals surface area contributed by atoms with E-state index in [4.69, 9.17) is 11.6 Å². The van der Waals surface area contributed by atoms with Gasteiger partial charge in [0.1, 0.15) is 12.6 Å². The van der Waals surface area contributed by atoms with E-state index in [1.165, 1.54) is 4.90 Å². The third kappa shape index (κ3) is 8.63. The van der Waals surface area contributed by atoms with E-state index in [9.17, 15) is 31.2 Å². The number of sulfonamides is 1. The van der Waals surface area contributed by atoms with E-state index in [1.54, 1.807) is 20.8 Å². The van der Waals surface area contributed by atoms with E-state index < -0.39 is 51.9 Å². The molecule has 0 aromatic heterocycles. The van der Waals surface area contributed by atoms with Gasteiger partial charge in [0, 0.05) is 12.6 Å². The van der Waals surface area contributed by atoms with Crippen LogP contribution in [0.2, 0.25) is 5.02 Å². The summed E-state index contributed by atoms with van der Waals surface area (Å²) in [5.74, 6) is -1.16. The third-order valence-corrected chi connectivity index (χ3v) is 6.97. The molecule has 204 valence electrons. The Balaban J connectivity index is 2.47. The van der Waals surface area contributed by atoms with Crippen LogP contribution < -0.4 is 9.62 Å². The molecule has 2 aromatic carbocycles. The van der Waals surface area contributed by atoms with Crippen molar-refractivity contribution in [1.82, 2.24) is 10.2 Å². The zero-order chi connectivity index (χ0) is 28.0. The Kier molecular flexibility index (Phi) is 10.4. The van der Waals surface area contributed by atoms with Gasteiger partial charge in [-0.1, -0.05) is 48.9 Å². The standard InChI is InChI=1S/C25H31ClF3N3O4S/c1-5-21(24(34)30-17(2)3)31(14-13-18-9-7-6-8-10-18)23(33)16-32(37(4,35)36)22-15-19(25(27,28)29)11-12-20(22)26/h6-12,15,17,21H,5,13-14,16H2,1-4H3,(H,30,34). The molecule has 2 amide bonds. The quantitative estimate of drug-likeness (QED) is 0.438. The van der Waals surface area contributed by atoms with Gasteiger partial charge >= 0.3 is 6.18 Å². The molecule has 0 bridgehead atoms. The van der Waals surface area contributed by atoms with Crippen LogP contribution in [-0.4, -0.2) is 56.6 Å². The maximum atomic E-state index is 13.6. The van der Waals surface area contributed by atoms with Crippen molar-refractivity contribution in [3.63, 3.8) is 0 Å². The maximum absolute atomic E-state index is 13.6. The average Bonchev–Trinajstić information content (AvgIpc) is 2.79. The summed E-state index contributed by atoms with van der Waals surface area (Å²) < 4.78 is 65.8. The summed E-state index contributed by atoms with van der Waals surface area (Å²) in [7, 11) is -4.24. The largest absolute Gasteiger partial charge is 0.416 e. The van der Waals surface area contributed by atoms with E-state index in [0.717, 1.165) is 24.0 Å². The van der Waals surface area contributed by atoms with Crippen molar-refractivity contribution in [1.29, 1.82) is 0 Å². The molecule has 12 heteroatoms. The minimum Gasteiger partial charge on any atom is -0.352 e. The normalized spacial score (nSPS) is 12.8. The molecule has 1 atom stereocenters. The predicted octanol–water partition coefficient (Wildman–Crippen LogP) is 4.50. The van der Waals surface area contributed by atoms with Gasteiger partial charge in [-0.3, -0.25) is 13.9 Å². The highest BCUT2D eigenvalue weighted by Gasteiger charge is 2.35. The number of nitrogens with zero attached hydrogens (tertiary/aromatic N) is 2. The van der Waals surface area contributed by atoms with E-state index in [-0.39, 0.29) is 24.0 Å². The van der Waals surface area contributed by atoms with E-state index in [0.29, 0.717) is 16.8 Å². The van der Waals surface area contributed by atoms with Gasteiger partial charge in [0.15, 0.2) is 0 Å². The van der Waals surface area contributed by atoms with Crippen molar-refractivity contribution in [2.24, 2.45) is 0 Å². The SMILES string of the molecule is CCC(C(=O)NC(C)C)N(CCc1ccccc1)C(=O)CN(c1cc(C(F)(F)F)ccc1Cl)S(C)(=O)=O. The third-order valence-electron chi connectivity index (χ3n) is 5.52. The van der Waals surface area contributed by atoms with Gasteiger partial charge < -0.3 is 10.2 Å². The van der Waals surface area contributed by atoms with E-state index >= 15 is 0 Å². The number of hydrogen-bond donors (Lipinski definition) is 1. The Bertz CT molecular complexity index is 1190. The molecule has 0 fully saturated rings. The van der Waals surface area contributed by atoms with Crippen LogP contribution >= 0.6 is 11.6 Å². The van der Waals surface area contributed by atoms with Crippen LogP contribution in [0.3, 0.4) is 0 Å². The zero-order valence-electron chi connectivity index (χ0n) is 21.0. The minimum absolute atomic E-state index is 0.0841. The molecule has 0 aliphatic heterocycles. The molecule has 0 saturated carbocycles. The molecule has 0 heterocycles. The number of nitrogens with one attached hydrogen (secondary N) is 1.